The fourth-order valence-corrected chi connectivity index (χ4v) is 1.65. The van der Waals surface area contributed by atoms with E-state index in [4.69, 9.17) is 5.26 Å². The summed E-state index contributed by atoms with van der Waals surface area (Å²) in [6, 6.07) is 2.26. The van der Waals surface area contributed by atoms with Gasteiger partial charge in [0.25, 0.3) is 0 Å². The number of aromatic nitrogens is 2. The number of nitrogens with one attached hydrogen (secondary N) is 1. The second-order valence-corrected chi connectivity index (χ2v) is 4.11. The van der Waals surface area contributed by atoms with Gasteiger partial charge in [0.05, 0.1) is 12.5 Å². The number of hydrogen-bond acceptors (Lipinski definition) is 3. The Bertz CT molecular complexity index is 504. The lowest BCUT2D eigenvalue weighted by atomic mass is 10.4. The van der Waals surface area contributed by atoms with Crippen LogP contribution in [0.4, 0.5) is 0 Å². The molecule has 2 rings (SSSR count). The number of nitrogens with zero attached hydrogens (tertiary/aromatic N) is 3. The number of carbonyl (C=O) groups excluding carboxylic acids is 1. The van der Waals surface area contributed by atoms with Crippen LogP contribution < -0.4 is 11.0 Å². The summed E-state index contributed by atoms with van der Waals surface area (Å²) >= 11 is 0. The minimum Gasteiger partial charge on any atom is -0.354 e. The summed E-state index contributed by atoms with van der Waals surface area (Å²) in [4.78, 5) is 23.3. The Morgan fingerprint density at radius 2 is 2.29 bits per heavy atom. The highest BCUT2D eigenvalue weighted by atomic mass is 16.2. The molecule has 0 aromatic carbocycles. The maximum Gasteiger partial charge on any atom is 0.328 e. The number of rotatable bonds is 5. The normalized spacial score (nSPS) is 14.3. The Morgan fingerprint density at radius 3 is 2.94 bits per heavy atom. The predicted molar refractivity (Wildman–Crippen MR) is 60.2 cm³/mol. The molecule has 1 aliphatic carbocycles. The molecule has 1 aromatic heterocycles. The molecule has 90 valence electrons. The minimum absolute atomic E-state index is 0.0178. The van der Waals surface area contributed by atoms with Crippen LogP contribution in [0.1, 0.15) is 25.3 Å². The van der Waals surface area contributed by atoms with Crippen molar-refractivity contribution in [2.75, 3.05) is 6.54 Å². The van der Waals surface area contributed by atoms with Crippen LogP contribution in [-0.4, -0.2) is 21.6 Å². The first-order valence-electron chi connectivity index (χ1n) is 5.63. The van der Waals surface area contributed by atoms with Gasteiger partial charge < -0.3 is 5.32 Å². The number of imidazole rings is 1. The minimum atomic E-state index is -0.240. The van der Waals surface area contributed by atoms with Crippen LogP contribution in [0, 0.1) is 11.3 Å². The van der Waals surface area contributed by atoms with E-state index in [1.54, 1.807) is 17.0 Å². The SMILES string of the molecule is N#CCCNC(=O)Cn1ccn(C2CC2)c1=O. The fourth-order valence-electron chi connectivity index (χ4n) is 1.65. The molecule has 0 saturated heterocycles. The topological polar surface area (TPSA) is 79.8 Å². The second kappa shape index (κ2) is 4.87. The highest BCUT2D eigenvalue weighted by molar-refractivity contribution is 5.75. The number of nitriles is 1. The maximum absolute atomic E-state index is 11.8. The van der Waals surface area contributed by atoms with Crippen molar-refractivity contribution in [3.63, 3.8) is 0 Å². The first-order valence-corrected chi connectivity index (χ1v) is 5.63. The van der Waals surface area contributed by atoms with E-state index in [-0.39, 0.29) is 24.6 Å². The summed E-state index contributed by atoms with van der Waals surface area (Å²) in [5.41, 5.74) is -0.136. The van der Waals surface area contributed by atoms with Crippen LogP contribution in [0.3, 0.4) is 0 Å². The molecule has 0 atom stereocenters. The van der Waals surface area contributed by atoms with E-state index in [1.165, 1.54) is 4.57 Å². The molecule has 1 heterocycles. The molecular weight excluding hydrogens is 220 g/mol. The molecule has 17 heavy (non-hydrogen) atoms. The monoisotopic (exact) mass is 234 g/mol. The van der Waals surface area contributed by atoms with Crippen molar-refractivity contribution in [1.29, 1.82) is 5.26 Å². The molecule has 1 saturated carbocycles. The largest absolute Gasteiger partial charge is 0.354 e. The Morgan fingerprint density at radius 1 is 1.53 bits per heavy atom. The van der Waals surface area contributed by atoms with Crippen LogP contribution in [0.15, 0.2) is 17.2 Å². The molecule has 1 fully saturated rings. The summed E-state index contributed by atoms with van der Waals surface area (Å²) in [6.07, 6.45) is 5.72. The lowest BCUT2D eigenvalue weighted by Crippen LogP contribution is -2.33. The van der Waals surface area contributed by atoms with Gasteiger partial charge in [-0.15, -0.1) is 0 Å². The number of amides is 1. The lowest BCUT2D eigenvalue weighted by molar-refractivity contribution is -0.121. The van der Waals surface area contributed by atoms with Gasteiger partial charge in [-0.3, -0.25) is 13.9 Å². The quantitative estimate of drug-likeness (QED) is 0.729. The zero-order valence-corrected chi connectivity index (χ0v) is 9.43. The average molecular weight is 234 g/mol. The van der Waals surface area contributed by atoms with Crippen molar-refractivity contribution in [2.45, 2.75) is 31.8 Å². The van der Waals surface area contributed by atoms with Crippen LogP contribution in [0.5, 0.6) is 0 Å². The maximum atomic E-state index is 11.8. The molecule has 0 spiro atoms. The molecule has 0 aliphatic heterocycles. The molecule has 6 heteroatoms. The standard InChI is InChI=1S/C11H14N4O2/c12-4-1-5-13-10(16)8-14-6-7-15(11(14)17)9-2-3-9/h6-7,9H,1-3,5,8H2,(H,13,16). The second-order valence-electron chi connectivity index (χ2n) is 4.11. The first kappa shape index (κ1) is 11.5. The zero-order chi connectivity index (χ0) is 12.3. The molecule has 1 aliphatic rings. The highest BCUT2D eigenvalue weighted by Gasteiger charge is 2.25. The lowest BCUT2D eigenvalue weighted by Gasteiger charge is -2.02. The molecule has 0 unspecified atom stereocenters. The fraction of sp³-hybridized carbons (Fsp3) is 0.545. The van der Waals surface area contributed by atoms with Gasteiger partial charge >= 0.3 is 5.69 Å². The summed E-state index contributed by atoms with van der Waals surface area (Å²) in [7, 11) is 0. The van der Waals surface area contributed by atoms with E-state index >= 15 is 0 Å². The van der Waals surface area contributed by atoms with Gasteiger partial charge in [0.2, 0.25) is 5.91 Å². The molecular formula is C11H14N4O2. The third kappa shape index (κ3) is 2.75. The Balaban J connectivity index is 1.92. The molecule has 1 amide bonds. The average Bonchev–Trinajstić information content (AvgIpc) is 3.07. The van der Waals surface area contributed by atoms with E-state index in [0.717, 1.165) is 12.8 Å². The van der Waals surface area contributed by atoms with Crippen LogP contribution >= 0.6 is 0 Å². The van der Waals surface area contributed by atoms with Gasteiger partial charge in [-0.05, 0) is 12.8 Å². The van der Waals surface area contributed by atoms with E-state index < -0.39 is 0 Å². The Kier molecular flexibility index (Phi) is 3.28. The molecule has 0 bridgehead atoms. The molecule has 6 nitrogen and oxygen atoms in total. The van der Waals surface area contributed by atoms with Gasteiger partial charge in [-0.25, -0.2) is 4.79 Å². The van der Waals surface area contributed by atoms with E-state index in [9.17, 15) is 9.59 Å². The van der Waals surface area contributed by atoms with Crippen molar-refractivity contribution in [3.05, 3.63) is 22.9 Å². The summed E-state index contributed by atoms with van der Waals surface area (Å²) in [5.74, 6) is -0.240. The first-order chi connectivity index (χ1) is 8.22. The molecule has 1 aromatic rings. The molecule has 1 N–H and O–H groups in total. The summed E-state index contributed by atoms with van der Waals surface area (Å²) < 4.78 is 3.06. The third-order valence-electron chi connectivity index (χ3n) is 2.69. The van der Waals surface area contributed by atoms with E-state index in [2.05, 4.69) is 5.32 Å². The zero-order valence-electron chi connectivity index (χ0n) is 9.43. The van der Waals surface area contributed by atoms with Crippen molar-refractivity contribution >= 4 is 5.91 Å². The summed E-state index contributed by atoms with van der Waals surface area (Å²) in [5, 5.41) is 10.9. The van der Waals surface area contributed by atoms with Gasteiger partial charge in [-0.1, -0.05) is 0 Å². The third-order valence-corrected chi connectivity index (χ3v) is 2.69. The van der Waals surface area contributed by atoms with Crippen LogP contribution in [0.25, 0.3) is 0 Å². The van der Waals surface area contributed by atoms with Gasteiger partial charge in [0.1, 0.15) is 6.54 Å². The smallest absolute Gasteiger partial charge is 0.328 e. The summed E-state index contributed by atoms with van der Waals surface area (Å²) in [6.45, 7) is 0.345. The van der Waals surface area contributed by atoms with Crippen molar-refractivity contribution < 1.29 is 4.79 Å². The van der Waals surface area contributed by atoms with Crippen LogP contribution in [-0.2, 0) is 11.3 Å². The van der Waals surface area contributed by atoms with E-state index in [1.807, 2.05) is 6.07 Å². The van der Waals surface area contributed by atoms with Crippen molar-refractivity contribution in [3.8, 4) is 6.07 Å². The number of hydrogen-bond donors (Lipinski definition) is 1. The van der Waals surface area contributed by atoms with Gasteiger partial charge in [0.15, 0.2) is 0 Å². The number of carbonyl (C=O) groups is 1. The Hall–Kier alpha value is -2.03. The van der Waals surface area contributed by atoms with Crippen molar-refractivity contribution in [2.24, 2.45) is 0 Å². The highest BCUT2D eigenvalue weighted by Crippen LogP contribution is 2.33. The predicted octanol–water partition coefficient (Wildman–Crippen LogP) is 0.0146. The van der Waals surface area contributed by atoms with Crippen molar-refractivity contribution in [1.82, 2.24) is 14.5 Å². The van der Waals surface area contributed by atoms with E-state index in [0.29, 0.717) is 12.6 Å². The van der Waals surface area contributed by atoms with Crippen LogP contribution in [0.2, 0.25) is 0 Å². The van der Waals surface area contributed by atoms with Gasteiger partial charge in [0, 0.05) is 25.0 Å². The molecule has 0 radical (unpaired) electrons. The Labute approximate surface area is 98.5 Å². The van der Waals surface area contributed by atoms with Gasteiger partial charge in [-0.2, -0.15) is 5.26 Å².